The van der Waals surface area contributed by atoms with Crippen molar-refractivity contribution < 1.29 is 24.2 Å². The van der Waals surface area contributed by atoms with Crippen LogP contribution in [0.25, 0.3) is 11.6 Å². The van der Waals surface area contributed by atoms with E-state index in [9.17, 15) is 14.7 Å². The van der Waals surface area contributed by atoms with Crippen molar-refractivity contribution in [3.63, 3.8) is 0 Å². The van der Waals surface area contributed by atoms with Gasteiger partial charge in [-0.05, 0) is 114 Å². The number of hydrogen-bond donors (Lipinski definition) is 1. The van der Waals surface area contributed by atoms with Gasteiger partial charge in [-0.15, -0.1) is 0 Å². The summed E-state index contributed by atoms with van der Waals surface area (Å²) in [5, 5.41) is 10.4. The molecule has 0 unspecified atom stereocenters. The number of amides is 2. The maximum absolute atomic E-state index is 14.1. The van der Waals surface area contributed by atoms with E-state index < -0.39 is 0 Å². The van der Waals surface area contributed by atoms with E-state index in [4.69, 9.17) is 9.47 Å². The second-order valence-corrected chi connectivity index (χ2v) is 14.7. The number of ether oxygens (including phenoxy) is 2. The maximum Gasteiger partial charge on any atom is 0.234 e. The number of allylic oxidation sites excluding steroid dienone is 2. The molecular formula is C39H42IN3O5. The third-order valence-electron chi connectivity index (χ3n) is 10.6. The van der Waals surface area contributed by atoms with E-state index in [0.29, 0.717) is 28.8 Å². The van der Waals surface area contributed by atoms with Gasteiger partial charge in [-0.25, -0.2) is 0 Å². The molecule has 0 spiro atoms. The molecule has 7 rings (SSSR count). The standard InChI is InChI=1S/C39H42IN3O5/c1-24-18-29-36(39(46)43(38(29)45)28-13-16-42(17-14-28)22-25-8-4-3-5-9-25)30-23-48-33(35(24)30)12-11-27(32-10-6-7-15-41-32)19-26-20-31(40)37(44)34(21-26)47-2/h3-10,15,19-21,28-30,33,36,44H,11-14,16-18,22-23H2,1-2H3/b27-19-/t29-,30+,33-,36-/m1/s1. The number of methoxy groups -OCH3 is 1. The number of piperidine rings is 1. The van der Waals surface area contributed by atoms with Crippen molar-refractivity contribution in [2.24, 2.45) is 17.8 Å². The van der Waals surface area contributed by atoms with Gasteiger partial charge in [0.05, 0.1) is 40.9 Å². The van der Waals surface area contributed by atoms with Crippen molar-refractivity contribution in [1.29, 1.82) is 0 Å². The lowest BCUT2D eigenvalue weighted by Crippen LogP contribution is -2.47. The molecule has 1 aliphatic carbocycles. The Morgan fingerprint density at radius 2 is 1.83 bits per heavy atom. The van der Waals surface area contributed by atoms with Crippen LogP contribution in [0.2, 0.25) is 0 Å². The van der Waals surface area contributed by atoms with Crippen LogP contribution in [0.4, 0.5) is 0 Å². The molecule has 0 saturated carbocycles. The van der Waals surface area contributed by atoms with E-state index >= 15 is 0 Å². The molecule has 2 amide bonds. The summed E-state index contributed by atoms with van der Waals surface area (Å²) in [5.74, 6) is -0.0876. The summed E-state index contributed by atoms with van der Waals surface area (Å²) < 4.78 is 12.6. The average molecular weight is 760 g/mol. The lowest BCUT2D eigenvalue weighted by molar-refractivity contribution is -0.144. The van der Waals surface area contributed by atoms with Gasteiger partial charge in [0.25, 0.3) is 0 Å². The number of aromatic nitrogens is 1. The number of fused-ring (bicyclic) bond motifs is 3. The van der Waals surface area contributed by atoms with Gasteiger partial charge >= 0.3 is 0 Å². The zero-order valence-electron chi connectivity index (χ0n) is 27.5. The number of likely N-dealkylation sites (tertiary alicyclic amines) is 2. The molecule has 4 heterocycles. The van der Waals surface area contributed by atoms with E-state index in [0.717, 1.165) is 55.7 Å². The molecule has 3 aromatic rings. The minimum atomic E-state index is -0.333. The van der Waals surface area contributed by atoms with Crippen molar-refractivity contribution in [1.82, 2.24) is 14.8 Å². The van der Waals surface area contributed by atoms with E-state index in [-0.39, 0.29) is 47.5 Å². The highest BCUT2D eigenvalue weighted by molar-refractivity contribution is 14.1. The number of carbonyl (C=O) groups is 2. The van der Waals surface area contributed by atoms with Crippen molar-refractivity contribution in [3.8, 4) is 11.5 Å². The van der Waals surface area contributed by atoms with E-state index in [2.05, 4.69) is 69.7 Å². The second kappa shape index (κ2) is 14.1. The number of pyridine rings is 1. The monoisotopic (exact) mass is 759 g/mol. The normalized spacial score (nSPS) is 25.1. The summed E-state index contributed by atoms with van der Waals surface area (Å²) in [7, 11) is 1.55. The quantitative estimate of drug-likeness (QED) is 0.147. The van der Waals surface area contributed by atoms with Gasteiger partial charge < -0.3 is 14.6 Å². The van der Waals surface area contributed by atoms with E-state index in [1.54, 1.807) is 18.2 Å². The molecule has 0 radical (unpaired) electrons. The number of hydrogen-bond acceptors (Lipinski definition) is 7. The lowest BCUT2D eigenvalue weighted by atomic mass is 9.70. The predicted molar refractivity (Wildman–Crippen MR) is 193 cm³/mol. The summed E-state index contributed by atoms with van der Waals surface area (Å²) in [5.41, 5.74) is 6.55. The van der Waals surface area contributed by atoms with Gasteiger partial charge in [0.2, 0.25) is 11.8 Å². The third-order valence-corrected chi connectivity index (χ3v) is 11.5. The highest BCUT2D eigenvalue weighted by atomic mass is 127. The van der Waals surface area contributed by atoms with Crippen LogP contribution in [0.5, 0.6) is 11.5 Å². The van der Waals surface area contributed by atoms with Crippen LogP contribution in [-0.2, 0) is 20.9 Å². The van der Waals surface area contributed by atoms with Crippen LogP contribution in [0.1, 0.15) is 55.8 Å². The number of halogens is 1. The van der Waals surface area contributed by atoms with Crippen molar-refractivity contribution in [2.75, 3.05) is 26.8 Å². The first-order valence-corrected chi connectivity index (χ1v) is 18.0. The summed E-state index contributed by atoms with van der Waals surface area (Å²) in [4.78, 5) is 36.7. The molecular weight excluding hydrogens is 717 g/mol. The minimum absolute atomic E-state index is 0.00992. The van der Waals surface area contributed by atoms with Crippen LogP contribution in [-0.4, -0.2) is 70.7 Å². The van der Waals surface area contributed by atoms with Gasteiger partial charge in [0.15, 0.2) is 11.5 Å². The number of carbonyl (C=O) groups excluding carboxylic acids is 2. The molecule has 8 nitrogen and oxygen atoms in total. The highest BCUT2D eigenvalue weighted by Crippen LogP contribution is 2.50. The summed E-state index contributed by atoms with van der Waals surface area (Å²) in [6.45, 7) is 5.25. The number of rotatable bonds is 9. The fourth-order valence-electron chi connectivity index (χ4n) is 8.34. The Kier molecular flexibility index (Phi) is 9.71. The molecule has 250 valence electrons. The fourth-order valence-corrected chi connectivity index (χ4v) is 8.96. The molecule has 3 aliphatic heterocycles. The summed E-state index contributed by atoms with van der Waals surface area (Å²) in [6.07, 6.45) is 7.49. The van der Waals surface area contributed by atoms with Crippen molar-refractivity contribution in [2.45, 2.75) is 57.7 Å². The molecule has 3 fully saturated rings. The number of phenolic OH excluding ortho intramolecular Hbond substituents is 1. The second-order valence-electron chi connectivity index (χ2n) is 13.5. The Bertz CT molecular complexity index is 1730. The van der Waals surface area contributed by atoms with E-state index in [1.165, 1.54) is 16.7 Å². The summed E-state index contributed by atoms with van der Waals surface area (Å²) in [6, 6.07) is 20.1. The van der Waals surface area contributed by atoms with Gasteiger partial charge in [0.1, 0.15) is 0 Å². The fraction of sp³-hybridized carbons (Fsp3) is 0.410. The van der Waals surface area contributed by atoms with Gasteiger partial charge in [-0.3, -0.25) is 24.4 Å². The van der Waals surface area contributed by atoms with Crippen LogP contribution < -0.4 is 4.74 Å². The first kappa shape index (κ1) is 33.0. The third kappa shape index (κ3) is 6.44. The number of phenols is 1. The van der Waals surface area contributed by atoms with Gasteiger partial charge in [-0.2, -0.15) is 0 Å². The van der Waals surface area contributed by atoms with Crippen LogP contribution in [0, 0.1) is 21.3 Å². The Balaban J connectivity index is 1.05. The highest BCUT2D eigenvalue weighted by Gasteiger charge is 2.57. The molecule has 4 aliphatic rings. The van der Waals surface area contributed by atoms with Gasteiger partial charge in [-0.1, -0.05) is 42.0 Å². The smallest absolute Gasteiger partial charge is 0.234 e. The SMILES string of the molecule is COc1cc(/C=C(/CC[C@H]2OC[C@H]3C2=C(C)C[C@H]2C(=O)N(C4CCN(Cc5ccccc5)CC4)C(=O)[C@H]23)c2ccccn2)cc(I)c1O. The summed E-state index contributed by atoms with van der Waals surface area (Å²) >= 11 is 2.11. The van der Waals surface area contributed by atoms with E-state index in [1.807, 2.05) is 36.4 Å². The van der Waals surface area contributed by atoms with Crippen LogP contribution in [0.15, 0.2) is 78.0 Å². The zero-order valence-corrected chi connectivity index (χ0v) is 29.6. The molecule has 1 N–H and O–H groups in total. The number of imide groups is 1. The Labute approximate surface area is 296 Å². The molecule has 4 atom stereocenters. The number of benzene rings is 2. The number of aromatic hydroxyl groups is 1. The van der Waals surface area contributed by atoms with Crippen LogP contribution in [0.3, 0.4) is 0 Å². The van der Waals surface area contributed by atoms with Crippen molar-refractivity contribution in [3.05, 3.63) is 98.4 Å². The molecule has 3 saturated heterocycles. The largest absolute Gasteiger partial charge is 0.504 e. The number of nitrogens with zero attached hydrogens (tertiary/aromatic N) is 3. The Morgan fingerprint density at radius 1 is 1.06 bits per heavy atom. The first-order valence-electron chi connectivity index (χ1n) is 16.9. The molecule has 1 aromatic heterocycles. The zero-order chi connectivity index (χ0) is 33.4. The Morgan fingerprint density at radius 3 is 2.56 bits per heavy atom. The lowest BCUT2D eigenvalue weighted by Gasteiger charge is -2.36. The Hall–Kier alpha value is -3.54. The first-order chi connectivity index (χ1) is 23.3. The van der Waals surface area contributed by atoms with Crippen molar-refractivity contribution >= 4 is 46.1 Å². The van der Waals surface area contributed by atoms with Crippen LogP contribution >= 0.6 is 22.6 Å². The van der Waals surface area contributed by atoms with Gasteiger partial charge in [0, 0.05) is 37.8 Å². The molecule has 0 bridgehead atoms. The molecule has 2 aromatic carbocycles. The maximum atomic E-state index is 14.1. The predicted octanol–water partition coefficient (Wildman–Crippen LogP) is 6.72. The average Bonchev–Trinajstić information content (AvgIpc) is 3.64. The molecule has 9 heteroatoms. The minimum Gasteiger partial charge on any atom is -0.504 e. The topological polar surface area (TPSA) is 92.2 Å². The molecule has 48 heavy (non-hydrogen) atoms.